The maximum Gasteiger partial charge on any atom is 0.346 e. The van der Waals surface area contributed by atoms with Crippen molar-refractivity contribution in [1.29, 1.82) is 5.41 Å². The molecule has 3 aliphatic rings. The van der Waals surface area contributed by atoms with Gasteiger partial charge in [0.2, 0.25) is 12.3 Å². The van der Waals surface area contributed by atoms with Crippen LogP contribution in [0.2, 0.25) is 0 Å². The largest absolute Gasteiger partial charge is 0.390 e. The number of carbonyl (C=O) groups is 3. The molecule has 2 amide bonds. The van der Waals surface area contributed by atoms with Crippen LogP contribution in [0.25, 0.3) is 11.1 Å². The third-order valence-corrected chi connectivity index (χ3v) is 8.34. The van der Waals surface area contributed by atoms with E-state index in [9.17, 15) is 18.4 Å². The predicted octanol–water partition coefficient (Wildman–Crippen LogP) is 4.54. The molecule has 1 spiro atoms. The monoisotopic (exact) mass is 689 g/mol. The number of rotatable bonds is 7. The van der Waals surface area contributed by atoms with E-state index in [-0.39, 0.29) is 25.3 Å². The van der Waals surface area contributed by atoms with Gasteiger partial charge in [-0.1, -0.05) is 56.3 Å². The molecule has 2 aliphatic heterocycles. The Morgan fingerprint density at radius 3 is 2.31 bits per heavy atom. The summed E-state index contributed by atoms with van der Waals surface area (Å²) in [5, 5.41) is 11.1. The number of hydrogen-bond acceptors (Lipinski definition) is 9. The maximum absolute atomic E-state index is 13.0. The average Bonchev–Trinajstić information content (AvgIpc) is 3.87. The van der Waals surface area contributed by atoms with E-state index in [4.69, 9.17) is 24.4 Å². The first kappa shape index (κ1) is 40.1. The van der Waals surface area contributed by atoms with Crippen LogP contribution in [0, 0.1) is 12.3 Å². The topological polar surface area (TPSA) is 170 Å². The van der Waals surface area contributed by atoms with E-state index in [1.807, 2.05) is 50.4 Å². The zero-order valence-corrected chi connectivity index (χ0v) is 28.4. The van der Waals surface area contributed by atoms with Crippen molar-refractivity contribution < 1.29 is 37.4 Å². The number of amides is 2. The number of carbonyl (C=O) groups excluding carboxylic acids is 3. The van der Waals surface area contributed by atoms with Crippen molar-refractivity contribution in [3.8, 4) is 11.1 Å². The van der Waals surface area contributed by atoms with Gasteiger partial charge in [-0.05, 0) is 58.8 Å². The fourth-order valence-electron chi connectivity index (χ4n) is 5.57. The molecule has 2 atom stereocenters. The number of aryl methyl sites for hydroxylation is 1. The fourth-order valence-corrected chi connectivity index (χ4v) is 6.45. The van der Waals surface area contributed by atoms with Gasteiger partial charge in [0, 0.05) is 17.8 Å². The first-order valence-corrected chi connectivity index (χ1v) is 16.3. The van der Waals surface area contributed by atoms with Crippen molar-refractivity contribution in [2.75, 3.05) is 26.8 Å². The lowest BCUT2D eigenvalue weighted by Crippen LogP contribution is -2.40. The fraction of sp³-hybridized carbons (Fsp3) is 0.412. The Hall–Kier alpha value is -4.08. The molecule has 2 saturated heterocycles. The summed E-state index contributed by atoms with van der Waals surface area (Å²) in [6, 6.07) is 14.2. The van der Waals surface area contributed by atoms with E-state index in [0.717, 1.165) is 35.9 Å². The maximum atomic E-state index is 13.0. The normalized spacial score (nSPS) is 17.6. The number of halogens is 2. The van der Waals surface area contributed by atoms with Crippen LogP contribution in [0.3, 0.4) is 0 Å². The number of aldehydes is 1. The summed E-state index contributed by atoms with van der Waals surface area (Å²) in [5.74, 6) is -1.10. The minimum atomic E-state index is -2.90. The van der Waals surface area contributed by atoms with Crippen LogP contribution < -0.4 is 16.8 Å². The summed E-state index contributed by atoms with van der Waals surface area (Å²) in [6.45, 7) is 5.33. The van der Waals surface area contributed by atoms with E-state index in [2.05, 4.69) is 35.2 Å². The van der Waals surface area contributed by atoms with Gasteiger partial charge in [-0.2, -0.15) is 8.78 Å². The van der Waals surface area contributed by atoms with E-state index in [1.54, 1.807) is 24.3 Å². The summed E-state index contributed by atoms with van der Waals surface area (Å²) in [6.07, 6.45) is 1.32. The van der Waals surface area contributed by atoms with Crippen LogP contribution >= 0.6 is 11.3 Å². The number of fused-ring (bicyclic) bond motifs is 3. The Morgan fingerprint density at radius 2 is 1.75 bits per heavy atom. The molecule has 6 rings (SSSR count). The first-order valence-electron chi connectivity index (χ1n) is 15.4. The lowest BCUT2D eigenvalue weighted by molar-refractivity contribution is -0.152. The summed E-state index contributed by atoms with van der Waals surface area (Å²) in [7, 11) is 1.97. The Morgan fingerprint density at radius 1 is 1.12 bits per heavy atom. The van der Waals surface area contributed by atoms with Crippen molar-refractivity contribution in [3.63, 3.8) is 0 Å². The highest BCUT2D eigenvalue weighted by Crippen LogP contribution is 2.46. The number of benzene rings is 2. The number of ether oxygens (including phenoxy) is 3. The molecule has 6 N–H and O–H groups in total. The molecule has 2 fully saturated rings. The lowest BCUT2D eigenvalue weighted by Gasteiger charge is -2.23. The standard InChI is InChI=1S/C23H21F2NO5.C7H11NS.C2H6.CH4N2.CH3NO/c24-22(25)31-21-17-4-2-1-3-16(17)19-9-14(5-6-18(19)21)10-20(28)26-13-23(11-15(26)12-27)29-7-8-30-23;1-6-3-7(4-8-2)9-5-6;1-2;2*2-1-3/h1-6,9,12,15,21-22H,7-8,10-11,13H2;3,5,8H,4H2,1-2H3;1-2H3;1H,(H3,2,3);1H,(H2,2,3). The summed E-state index contributed by atoms with van der Waals surface area (Å²) < 4.78 is 42.1. The number of likely N-dealkylation sites (tertiary alicyclic amines) is 1. The van der Waals surface area contributed by atoms with Crippen LogP contribution in [-0.2, 0) is 41.6 Å². The van der Waals surface area contributed by atoms with E-state index in [0.29, 0.717) is 30.8 Å². The summed E-state index contributed by atoms with van der Waals surface area (Å²) in [4.78, 5) is 36.1. The van der Waals surface area contributed by atoms with Gasteiger partial charge in [0.1, 0.15) is 12.4 Å². The second-order valence-electron chi connectivity index (χ2n) is 10.4. The van der Waals surface area contributed by atoms with Crippen LogP contribution in [0.5, 0.6) is 0 Å². The number of hydrogen-bond donors (Lipinski definition) is 4. The molecule has 2 aromatic carbocycles. The van der Waals surface area contributed by atoms with Crippen molar-refractivity contribution in [2.45, 2.75) is 64.7 Å². The average molecular weight is 690 g/mol. The van der Waals surface area contributed by atoms with Crippen LogP contribution in [0.1, 0.15) is 53.5 Å². The quantitative estimate of drug-likeness (QED) is 0.159. The van der Waals surface area contributed by atoms with Crippen molar-refractivity contribution in [1.82, 2.24) is 10.2 Å². The molecular weight excluding hydrogens is 644 g/mol. The Kier molecular flexibility index (Phi) is 17.0. The number of nitrogens with zero attached hydrogens (tertiary/aromatic N) is 1. The zero-order chi connectivity index (χ0) is 35.7. The number of thiophene rings is 1. The Labute approximate surface area is 284 Å². The smallest absolute Gasteiger partial charge is 0.346 e. The number of nitrogens with two attached hydrogens (primary N) is 2. The third-order valence-electron chi connectivity index (χ3n) is 7.29. The predicted molar refractivity (Wildman–Crippen MR) is 182 cm³/mol. The molecule has 0 saturated carbocycles. The zero-order valence-electron chi connectivity index (χ0n) is 27.6. The second-order valence-corrected chi connectivity index (χ2v) is 11.4. The van der Waals surface area contributed by atoms with Crippen molar-refractivity contribution in [3.05, 3.63) is 81.0 Å². The van der Waals surface area contributed by atoms with Gasteiger partial charge in [0.15, 0.2) is 5.79 Å². The molecule has 0 bridgehead atoms. The molecule has 0 radical (unpaired) electrons. The molecule has 14 heteroatoms. The summed E-state index contributed by atoms with van der Waals surface area (Å²) >= 11 is 1.81. The van der Waals surface area contributed by atoms with Crippen LogP contribution in [0.4, 0.5) is 8.78 Å². The van der Waals surface area contributed by atoms with E-state index in [1.165, 1.54) is 15.3 Å². The summed E-state index contributed by atoms with van der Waals surface area (Å²) in [5.41, 5.74) is 13.6. The minimum absolute atomic E-state index is 0.0796. The van der Waals surface area contributed by atoms with Crippen molar-refractivity contribution in [2.24, 2.45) is 11.5 Å². The highest BCUT2D eigenvalue weighted by Gasteiger charge is 2.50. The highest BCUT2D eigenvalue weighted by atomic mass is 32.1. The Bertz CT molecular complexity index is 1460. The third kappa shape index (κ3) is 10.7. The molecule has 11 nitrogen and oxygen atoms in total. The van der Waals surface area contributed by atoms with Gasteiger partial charge >= 0.3 is 6.61 Å². The van der Waals surface area contributed by atoms with Crippen molar-refractivity contribution >= 4 is 36.3 Å². The molecule has 262 valence electrons. The van der Waals surface area contributed by atoms with Gasteiger partial charge < -0.3 is 40.7 Å². The van der Waals surface area contributed by atoms with Gasteiger partial charge in [-0.3, -0.25) is 15.0 Å². The molecule has 3 heterocycles. The molecule has 3 aromatic rings. The van der Waals surface area contributed by atoms with Gasteiger partial charge in [0.05, 0.1) is 38.6 Å². The Balaban J connectivity index is 0.000000392. The lowest BCUT2D eigenvalue weighted by atomic mass is 10.0. The number of nitrogens with one attached hydrogen (secondary N) is 2. The molecule has 48 heavy (non-hydrogen) atoms. The van der Waals surface area contributed by atoms with Crippen LogP contribution in [-0.4, -0.2) is 75.1 Å². The molecular formula is C34H45F2N5O6S. The van der Waals surface area contributed by atoms with Crippen LogP contribution in [0.15, 0.2) is 53.9 Å². The first-order chi connectivity index (χ1) is 23.1. The number of alkyl halides is 2. The molecule has 1 aromatic heterocycles. The molecule has 2 unspecified atom stereocenters. The second kappa shape index (κ2) is 20.3. The van der Waals surface area contributed by atoms with Gasteiger partial charge in [0.25, 0.3) is 0 Å². The van der Waals surface area contributed by atoms with E-state index < -0.39 is 24.5 Å². The van der Waals surface area contributed by atoms with Gasteiger partial charge in [-0.15, -0.1) is 11.3 Å². The van der Waals surface area contributed by atoms with Gasteiger partial charge in [-0.25, -0.2) is 0 Å². The van der Waals surface area contributed by atoms with E-state index >= 15 is 0 Å². The number of primary amides is 1. The minimum Gasteiger partial charge on any atom is -0.390 e. The highest BCUT2D eigenvalue weighted by molar-refractivity contribution is 7.10. The SMILES string of the molecule is CC.CNCc1cc(C)cs1.N=CN.NC=O.O=CC1CC2(CN1C(=O)Cc1ccc3c(c1)-c1ccccc1C3OC(F)F)OCCO2. The molecule has 1 aliphatic carbocycles.